The van der Waals surface area contributed by atoms with Gasteiger partial charge in [0.1, 0.15) is 5.75 Å². The van der Waals surface area contributed by atoms with Crippen molar-refractivity contribution >= 4 is 15.9 Å². The lowest BCUT2D eigenvalue weighted by Gasteiger charge is -2.24. The molecule has 1 N–H and O–H groups in total. The molecule has 3 rings (SSSR count). The third-order valence-electron chi connectivity index (χ3n) is 4.40. The normalized spacial score (nSPS) is 15.8. The Bertz CT molecular complexity index is 616. The number of halogens is 1. The second-order valence-electron chi connectivity index (χ2n) is 5.60. The summed E-state index contributed by atoms with van der Waals surface area (Å²) in [5.74, 6) is 1.48. The molecule has 2 nitrogen and oxygen atoms in total. The SMILES string of the molecule is CNC(c1ccc(OC)c(Br)c1)C1Cc2ccccc2C1. The van der Waals surface area contributed by atoms with Crippen molar-refractivity contribution in [1.29, 1.82) is 0 Å². The van der Waals surface area contributed by atoms with E-state index in [0.717, 1.165) is 23.1 Å². The quantitative estimate of drug-likeness (QED) is 0.899. The minimum absolute atomic E-state index is 0.361. The van der Waals surface area contributed by atoms with Gasteiger partial charge in [-0.3, -0.25) is 0 Å². The molecule has 110 valence electrons. The fourth-order valence-electron chi connectivity index (χ4n) is 3.38. The summed E-state index contributed by atoms with van der Waals surface area (Å²) in [6, 6.07) is 15.5. The minimum atomic E-state index is 0.361. The maximum absolute atomic E-state index is 5.32. The first-order chi connectivity index (χ1) is 10.2. The fourth-order valence-corrected chi connectivity index (χ4v) is 3.94. The third kappa shape index (κ3) is 2.85. The van der Waals surface area contributed by atoms with Gasteiger partial charge in [-0.2, -0.15) is 0 Å². The van der Waals surface area contributed by atoms with E-state index in [1.807, 2.05) is 13.1 Å². The Morgan fingerprint density at radius 1 is 1.14 bits per heavy atom. The van der Waals surface area contributed by atoms with Crippen molar-refractivity contribution in [1.82, 2.24) is 5.32 Å². The van der Waals surface area contributed by atoms with Crippen LogP contribution in [0.4, 0.5) is 0 Å². The lowest BCUT2D eigenvalue weighted by atomic mass is 9.90. The van der Waals surface area contributed by atoms with Gasteiger partial charge >= 0.3 is 0 Å². The van der Waals surface area contributed by atoms with E-state index in [-0.39, 0.29) is 0 Å². The predicted octanol–water partition coefficient (Wildman–Crippen LogP) is 4.13. The van der Waals surface area contributed by atoms with Crippen LogP contribution in [0.15, 0.2) is 46.9 Å². The molecule has 0 heterocycles. The van der Waals surface area contributed by atoms with Crippen LogP contribution in [0.25, 0.3) is 0 Å². The molecule has 0 aliphatic heterocycles. The first-order valence-electron chi connectivity index (χ1n) is 7.30. The van der Waals surface area contributed by atoms with E-state index in [1.54, 1.807) is 7.11 Å². The zero-order chi connectivity index (χ0) is 14.8. The summed E-state index contributed by atoms with van der Waals surface area (Å²) in [4.78, 5) is 0. The number of ether oxygens (including phenoxy) is 1. The number of rotatable bonds is 4. The smallest absolute Gasteiger partial charge is 0.133 e. The van der Waals surface area contributed by atoms with Crippen molar-refractivity contribution in [2.45, 2.75) is 18.9 Å². The fraction of sp³-hybridized carbons (Fsp3) is 0.333. The monoisotopic (exact) mass is 345 g/mol. The van der Waals surface area contributed by atoms with Gasteiger partial charge in [-0.05, 0) is 70.6 Å². The van der Waals surface area contributed by atoms with Gasteiger partial charge in [-0.15, -0.1) is 0 Å². The summed E-state index contributed by atoms with van der Waals surface area (Å²) in [5.41, 5.74) is 4.30. The number of methoxy groups -OCH3 is 1. The van der Waals surface area contributed by atoms with Crippen LogP contribution in [0.2, 0.25) is 0 Å². The van der Waals surface area contributed by atoms with Gasteiger partial charge in [0.15, 0.2) is 0 Å². The highest BCUT2D eigenvalue weighted by Gasteiger charge is 2.28. The molecule has 1 aliphatic rings. The average molecular weight is 346 g/mol. The van der Waals surface area contributed by atoms with Crippen LogP contribution in [0, 0.1) is 5.92 Å². The molecule has 2 aromatic rings. The number of benzene rings is 2. The molecule has 2 aromatic carbocycles. The maximum atomic E-state index is 5.32. The van der Waals surface area contributed by atoms with Crippen LogP contribution in [0.3, 0.4) is 0 Å². The van der Waals surface area contributed by atoms with Crippen molar-refractivity contribution in [3.8, 4) is 5.75 Å². The number of hydrogen-bond donors (Lipinski definition) is 1. The molecule has 21 heavy (non-hydrogen) atoms. The molecule has 0 aromatic heterocycles. The molecule has 0 spiro atoms. The lowest BCUT2D eigenvalue weighted by Crippen LogP contribution is -2.25. The maximum Gasteiger partial charge on any atom is 0.133 e. The van der Waals surface area contributed by atoms with Crippen LogP contribution >= 0.6 is 15.9 Å². The highest BCUT2D eigenvalue weighted by Crippen LogP contribution is 2.37. The Labute approximate surface area is 134 Å². The molecule has 1 unspecified atom stereocenters. The molecule has 1 aliphatic carbocycles. The molecule has 1 atom stereocenters. The highest BCUT2D eigenvalue weighted by molar-refractivity contribution is 9.10. The molecular formula is C18H20BrNO. The van der Waals surface area contributed by atoms with Crippen molar-refractivity contribution in [2.75, 3.05) is 14.2 Å². The van der Waals surface area contributed by atoms with Gasteiger partial charge in [-0.1, -0.05) is 30.3 Å². The molecular weight excluding hydrogens is 326 g/mol. The molecule has 0 amide bonds. The Morgan fingerprint density at radius 2 is 1.81 bits per heavy atom. The first-order valence-corrected chi connectivity index (χ1v) is 8.09. The first kappa shape index (κ1) is 14.6. The summed E-state index contributed by atoms with van der Waals surface area (Å²) in [6.07, 6.45) is 2.29. The summed E-state index contributed by atoms with van der Waals surface area (Å²) in [7, 11) is 3.74. The van der Waals surface area contributed by atoms with Crippen molar-refractivity contribution in [2.24, 2.45) is 5.92 Å². The van der Waals surface area contributed by atoms with Crippen LogP contribution in [-0.2, 0) is 12.8 Å². The number of hydrogen-bond acceptors (Lipinski definition) is 2. The number of fused-ring (bicyclic) bond motifs is 1. The van der Waals surface area contributed by atoms with E-state index in [4.69, 9.17) is 4.74 Å². The van der Waals surface area contributed by atoms with E-state index in [1.165, 1.54) is 16.7 Å². The lowest BCUT2D eigenvalue weighted by molar-refractivity contribution is 0.393. The largest absolute Gasteiger partial charge is 0.496 e. The molecule has 0 saturated heterocycles. The Kier molecular flexibility index (Phi) is 4.32. The summed E-state index contributed by atoms with van der Waals surface area (Å²) >= 11 is 3.59. The second-order valence-corrected chi connectivity index (χ2v) is 6.45. The Morgan fingerprint density at radius 3 is 2.33 bits per heavy atom. The van der Waals surface area contributed by atoms with Gasteiger partial charge in [0, 0.05) is 6.04 Å². The zero-order valence-electron chi connectivity index (χ0n) is 12.4. The van der Waals surface area contributed by atoms with Gasteiger partial charge in [0.25, 0.3) is 0 Å². The standard InChI is InChI=1S/C18H20BrNO/c1-20-18(14-7-8-17(21-2)16(19)11-14)15-9-12-5-3-4-6-13(12)10-15/h3-8,11,15,18,20H,9-10H2,1-2H3. The summed E-state index contributed by atoms with van der Waals surface area (Å²) in [5, 5.41) is 3.50. The van der Waals surface area contributed by atoms with Gasteiger partial charge in [0.05, 0.1) is 11.6 Å². The second kappa shape index (κ2) is 6.20. The van der Waals surface area contributed by atoms with Gasteiger partial charge in [0.2, 0.25) is 0 Å². The summed E-state index contributed by atoms with van der Waals surface area (Å²) in [6.45, 7) is 0. The Hall–Kier alpha value is -1.32. The topological polar surface area (TPSA) is 21.3 Å². The van der Waals surface area contributed by atoms with E-state index < -0.39 is 0 Å². The van der Waals surface area contributed by atoms with Crippen LogP contribution in [-0.4, -0.2) is 14.2 Å². The predicted molar refractivity (Wildman–Crippen MR) is 89.8 cm³/mol. The molecule has 0 bridgehead atoms. The molecule has 3 heteroatoms. The molecule has 0 saturated carbocycles. The van der Waals surface area contributed by atoms with Crippen LogP contribution < -0.4 is 10.1 Å². The van der Waals surface area contributed by atoms with Crippen LogP contribution in [0.1, 0.15) is 22.7 Å². The molecule has 0 fully saturated rings. The summed E-state index contributed by atoms with van der Waals surface area (Å²) < 4.78 is 6.33. The minimum Gasteiger partial charge on any atom is -0.496 e. The van der Waals surface area contributed by atoms with Crippen LogP contribution in [0.5, 0.6) is 5.75 Å². The van der Waals surface area contributed by atoms with E-state index >= 15 is 0 Å². The van der Waals surface area contributed by atoms with Crippen molar-refractivity contribution < 1.29 is 4.74 Å². The van der Waals surface area contributed by atoms with E-state index in [9.17, 15) is 0 Å². The van der Waals surface area contributed by atoms with E-state index in [2.05, 4.69) is 57.6 Å². The Balaban J connectivity index is 1.85. The average Bonchev–Trinajstić information content (AvgIpc) is 2.91. The molecule has 0 radical (unpaired) electrons. The zero-order valence-corrected chi connectivity index (χ0v) is 14.0. The highest BCUT2D eigenvalue weighted by atomic mass is 79.9. The van der Waals surface area contributed by atoms with Gasteiger partial charge in [-0.25, -0.2) is 0 Å². The van der Waals surface area contributed by atoms with E-state index in [0.29, 0.717) is 12.0 Å². The van der Waals surface area contributed by atoms with Crippen molar-refractivity contribution in [3.05, 3.63) is 63.6 Å². The van der Waals surface area contributed by atoms with Gasteiger partial charge < -0.3 is 10.1 Å². The number of nitrogens with one attached hydrogen (secondary N) is 1. The third-order valence-corrected chi connectivity index (χ3v) is 5.02. The van der Waals surface area contributed by atoms with Crippen molar-refractivity contribution in [3.63, 3.8) is 0 Å².